The summed E-state index contributed by atoms with van der Waals surface area (Å²) in [5.41, 5.74) is 10.6. The lowest BCUT2D eigenvalue weighted by Gasteiger charge is -2.33. The average Bonchev–Trinajstić information content (AvgIpc) is 3.55. The first-order chi connectivity index (χ1) is 31.8. The van der Waals surface area contributed by atoms with Gasteiger partial charge in [0.15, 0.2) is 0 Å². The Morgan fingerprint density at radius 3 is 1.06 bits per heavy atom. The first-order valence-corrected chi connectivity index (χ1v) is 27.1. The second kappa shape index (κ2) is 24.6. The van der Waals surface area contributed by atoms with Crippen molar-refractivity contribution in [3.05, 3.63) is 111 Å². The van der Waals surface area contributed by atoms with Crippen LogP contribution in [0.25, 0.3) is 32.9 Å². The van der Waals surface area contributed by atoms with Crippen LogP contribution in [0.4, 0.5) is 5.69 Å². The Kier molecular flexibility index (Phi) is 22.0. The molecule has 398 valence electrons. The largest absolute Gasteiger partial charge is 0.354 e. The van der Waals surface area contributed by atoms with Crippen molar-refractivity contribution in [2.75, 3.05) is 19.8 Å². The zero-order chi connectivity index (χ0) is 53.5. The van der Waals surface area contributed by atoms with Crippen molar-refractivity contribution in [1.29, 1.82) is 0 Å². The number of benzene rings is 4. The predicted octanol–water partition coefficient (Wildman–Crippen LogP) is 20.4. The van der Waals surface area contributed by atoms with Gasteiger partial charge in [-0.05, 0) is 136 Å². The summed E-state index contributed by atoms with van der Waals surface area (Å²) in [6, 6.07) is 28.1. The third-order valence-electron chi connectivity index (χ3n) is 12.7. The van der Waals surface area contributed by atoms with E-state index in [1.807, 2.05) is 39.0 Å². The number of fused-ring (bicyclic) bond motifs is 3. The number of aromatic amines is 1. The number of H-pyrrole nitrogens is 1. The first kappa shape index (κ1) is 63.5. The fraction of sp³-hybridized carbons (Fsp3) is 0.619. The highest BCUT2D eigenvalue weighted by Crippen LogP contribution is 2.44. The number of hydrogen-bond acceptors (Lipinski definition) is 5. The molecule has 1 heterocycles. The Morgan fingerprint density at radius 1 is 0.451 bits per heavy atom. The lowest BCUT2D eigenvalue weighted by Crippen LogP contribution is -2.25. The van der Waals surface area contributed by atoms with Crippen LogP contribution in [0.5, 0.6) is 0 Å². The number of aromatic nitrogens is 1. The topological polar surface area (TPSA) is 86.6 Å². The van der Waals surface area contributed by atoms with Gasteiger partial charge in [-0.1, -0.05) is 200 Å². The van der Waals surface area contributed by atoms with E-state index in [1.54, 1.807) is 6.07 Å². The summed E-state index contributed by atoms with van der Waals surface area (Å²) in [6.45, 7) is 53.4. The van der Waals surface area contributed by atoms with E-state index in [2.05, 4.69) is 198 Å². The monoisotopic (exact) mass is 997 g/mol. The van der Waals surface area contributed by atoms with Crippen LogP contribution < -0.4 is 0 Å². The molecule has 71 heavy (non-hydrogen) atoms. The molecule has 0 bridgehead atoms. The first-order valence-electron chi connectivity index (χ1n) is 26.0. The molecule has 0 fully saturated rings. The van der Waals surface area contributed by atoms with E-state index in [-0.39, 0.29) is 50.5 Å². The standard InChI is InChI=1S/C28H41NO2.C28H41N.C6H15O3P.CH4/c1-25(2,3)18-27(7,8)21-13-11-20(12-14-21)23-16-15-22(17-24(23)29(30)31)28(9,10)19-26(4,5)6;1-25(2,3)17-27(7,8)19-11-13-21-22-14-12-20(16-24(22)29-23(21)15-19)28(9,10)18-26(4,5)6;1-4-7-10(8-5-2)9-6-3;/h11-17H,18-19H2,1-10H3;11-16,29H,17-18H2,1-10H3;4-6H2,1-3H3;1H4. The van der Waals surface area contributed by atoms with Crippen molar-refractivity contribution < 1.29 is 18.5 Å². The Bertz CT molecular complexity index is 2350. The van der Waals surface area contributed by atoms with Crippen molar-refractivity contribution in [3.8, 4) is 11.1 Å². The molecule has 1 N–H and O–H groups in total. The number of nitrogens with one attached hydrogen (secondary N) is 1. The van der Waals surface area contributed by atoms with E-state index < -0.39 is 8.60 Å². The van der Waals surface area contributed by atoms with Gasteiger partial charge in [-0.25, -0.2) is 0 Å². The van der Waals surface area contributed by atoms with E-state index >= 15 is 0 Å². The number of rotatable bonds is 16. The fourth-order valence-corrected chi connectivity index (χ4v) is 12.2. The van der Waals surface area contributed by atoms with Crippen LogP contribution in [0.1, 0.15) is 215 Å². The van der Waals surface area contributed by atoms with Gasteiger partial charge in [0.05, 0.1) is 30.3 Å². The van der Waals surface area contributed by atoms with E-state index in [9.17, 15) is 10.1 Å². The lowest BCUT2D eigenvalue weighted by atomic mass is 9.71. The smallest absolute Gasteiger partial charge is 0.332 e. The van der Waals surface area contributed by atoms with Crippen LogP contribution in [-0.4, -0.2) is 29.7 Å². The number of nitro benzene ring substituents is 1. The van der Waals surface area contributed by atoms with E-state index in [0.29, 0.717) is 36.2 Å². The molecule has 4 aromatic carbocycles. The molecule has 0 amide bonds. The molecule has 0 spiro atoms. The Labute approximate surface area is 435 Å². The van der Waals surface area contributed by atoms with E-state index in [0.717, 1.165) is 36.8 Å². The number of nitro groups is 1. The maximum Gasteiger partial charge on any atom is 0.332 e. The minimum atomic E-state index is -1.06. The zero-order valence-corrected chi connectivity index (χ0v) is 49.3. The van der Waals surface area contributed by atoms with Gasteiger partial charge >= 0.3 is 8.60 Å². The number of hydrogen-bond donors (Lipinski definition) is 1. The molecule has 0 unspecified atom stereocenters. The summed E-state index contributed by atoms with van der Waals surface area (Å²) in [5.74, 6) is 0. The molecule has 5 aromatic rings. The molecule has 0 radical (unpaired) electrons. The van der Waals surface area contributed by atoms with Gasteiger partial charge in [0.2, 0.25) is 0 Å². The normalized spacial score (nSPS) is 13.1. The van der Waals surface area contributed by atoms with E-state index in [1.165, 1.54) is 38.5 Å². The third kappa shape index (κ3) is 19.6. The molecule has 0 aliphatic heterocycles. The van der Waals surface area contributed by atoms with Crippen LogP contribution in [0.3, 0.4) is 0 Å². The molecule has 0 aliphatic carbocycles. The Morgan fingerprint density at radius 2 is 0.746 bits per heavy atom. The summed E-state index contributed by atoms with van der Waals surface area (Å²) >= 11 is 0. The molecule has 7 nitrogen and oxygen atoms in total. The van der Waals surface area contributed by atoms with Gasteiger partial charge < -0.3 is 18.6 Å². The maximum absolute atomic E-state index is 11.9. The summed E-state index contributed by atoms with van der Waals surface area (Å²) in [4.78, 5) is 15.4. The van der Waals surface area contributed by atoms with Gasteiger partial charge in [-0.15, -0.1) is 0 Å². The third-order valence-corrected chi connectivity index (χ3v) is 14.1. The summed E-state index contributed by atoms with van der Waals surface area (Å²) in [7, 11) is -1.06. The quantitative estimate of drug-likeness (QED) is 0.0605. The fourth-order valence-electron chi connectivity index (χ4n) is 11.3. The molecule has 8 heteroatoms. The molecule has 0 saturated carbocycles. The highest BCUT2D eigenvalue weighted by molar-refractivity contribution is 7.41. The van der Waals surface area contributed by atoms with Gasteiger partial charge in [0.1, 0.15) is 0 Å². The van der Waals surface area contributed by atoms with E-state index in [4.69, 9.17) is 13.6 Å². The van der Waals surface area contributed by atoms with Gasteiger partial charge in [-0.2, -0.15) is 0 Å². The SMILES string of the molecule is C.CC(C)(C)CC(C)(C)c1ccc(-c2ccc(C(C)(C)CC(C)(C)C)cc2[N+](=O)[O-])cc1.CC(C)(C)CC(C)(C)c1ccc2c(c1)[nH]c1cc(C(C)(C)CC(C)(C)C)ccc12.CCOP(OCC)OCC. The van der Waals surface area contributed by atoms with Crippen LogP contribution in [-0.2, 0) is 35.2 Å². The van der Waals surface area contributed by atoms with Gasteiger partial charge in [0, 0.05) is 27.9 Å². The molecule has 0 saturated heterocycles. The van der Waals surface area contributed by atoms with Crippen LogP contribution in [0, 0.1) is 31.8 Å². The predicted molar refractivity (Wildman–Crippen MR) is 311 cm³/mol. The average molecular weight is 997 g/mol. The second-order valence-corrected chi connectivity index (χ2v) is 28.4. The summed E-state index contributed by atoms with van der Waals surface area (Å²) in [5, 5.41) is 14.6. The van der Waals surface area contributed by atoms with Crippen LogP contribution in [0.15, 0.2) is 78.9 Å². The van der Waals surface area contributed by atoms with Crippen molar-refractivity contribution in [2.45, 2.75) is 214 Å². The molecule has 1 aromatic heterocycles. The number of nitrogens with zero attached hydrogens (tertiary/aromatic N) is 1. The minimum absolute atomic E-state index is 0. The van der Waals surface area contributed by atoms with Crippen molar-refractivity contribution in [2.24, 2.45) is 21.7 Å². The van der Waals surface area contributed by atoms with Crippen LogP contribution in [0.2, 0.25) is 0 Å². The highest BCUT2D eigenvalue weighted by Gasteiger charge is 2.32. The molecule has 0 aliphatic rings. The summed E-state index contributed by atoms with van der Waals surface area (Å²) < 4.78 is 15.4. The lowest BCUT2D eigenvalue weighted by molar-refractivity contribution is -0.384. The van der Waals surface area contributed by atoms with Crippen molar-refractivity contribution in [3.63, 3.8) is 0 Å². The second-order valence-electron chi connectivity index (χ2n) is 27.2. The zero-order valence-electron chi connectivity index (χ0n) is 48.4. The molecular weight excluding hydrogens is 896 g/mol. The maximum atomic E-state index is 11.9. The van der Waals surface area contributed by atoms with Gasteiger partial charge in [0.25, 0.3) is 5.69 Å². The Hall–Kier alpha value is -3.61. The molecule has 5 rings (SSSR count). The highest BCUT2D eigenvalue weighted by atomic mass is 31.2. The minimum Gasteiger partial charge on any atom is -0.354 e. The Balaban J connectivity index is 0.000000405. The van der Waals surface area contributed by atoms with Gasteiger partial charge in [-0.3, -0.25) is 10.1 Å². The molecular formula is C63H101N2O5P. The summed E-state index contributed by atoms with van der Waals surface area (Å²) in [6.07, 6.45) is 4.35. The van der Waals surface area contributed by atoms with Crippen molar-refractivity contribution in [1.82, 2.24) is 4.98 Å². The molecule has 0 atom stereocenters. The van der Waals surface area contributed by atoms with Crippen LogP contribution >= 0.6 is 8.60 Å². The van der Waals surface area contributed by atoms with Crippen molar-refractivity contribution >= 4 is 36.1 Å².